The SMILES string of the molecule is CN(c1ccccc1NC(=O)Cc1ccccc1Br)S(C)(=O)=O. The summed E-state index contributed by atoms with van der Waals surface area (Å²) in [5.74, 6) is -0.216. The molecule has 23 heavy (non-hydrogen) atoms. The first-order chi connectivity index (χ1) is 10.8. The number of para-hydroxylation sites is 2. The van der Waals surface area contributed by atoms with Crippen LogP contribution in [0, 0.1) is 0 Å². The lowest BCUT2D eigenvalue weighted by Gasteiger charge is -2.20. The Morgan fingerprint density at radius 3 is 2.39 bits per heavy atom. The normalized spacial score (nSPS) is 11.1. The third kappa shape index (κ3) is 4.56. The summed E-state index contributed by atoms with van der Waals surface area (Å²) in [5.41, 5.74) is 1.74. The van der Waals surface area contributed by atoms with Gasteiger partial charge in [0.15, 0.2) is 0 Å². The van der Waals surface area contributed by atoms with Gasteiger partial charge in [0.1, 0.15) is 0 Å². The number of halogens is 1. The number of hydrogen-bond acceptors (Lipinski definition) is 3. The molecule has 0 atom stereocenters. The van der Waals surface area contributed by atoms with Gasteiger partial charge in [-0.3, -0.25) is 9.10 Å². The molecule has 122 valence electrons. The number of rotatable bonds is 5. The van der Waals surface area contributed by atoms with Crippen molar-refractivity contribution in [3.05, 3.63) is 58.6 Å². The van der Waals surface area contributed by atoms with Gasteiger partial charge < -0.3 is 5.32 Å². The predicted octanol–water partition coefficient (Wildman–Crippen LogP) is 3.03. The molecule has 2 aromatic carbocycles. The van der Waals surface area contributed by atoms with E-state index in [0.717, 1.165) is 20.6 Å². The Bertz CT molecular complexity index is 822. The van der Waals surface area contributed by atoms with Crippen LogP contribution in [0.3, 0.4) is 0 Å². The van der Waals surface area contributed by atoms with Crippen LogP contribution in [0.15, 0.2) is 53.0 Å². The van der Waals surface area contributed by atoms with Crippen molar-refractivity contribution >= 4 is 43.2 Å². The molecule has 2 rings (SSSR count). The maximum absolute atomic E-state index is 12.3. The number of benzene rings is 2. The summed E-state index contributed by atoms with van der Waals surface area (Å²) >= 11 is 3.41. The lowest BCUT2D eigenvalue weighted by molar-refractivity contribution is -0.115. The molecule has 0 saturated heterocycles. The van der Waals surface area contributed by atoms with Crippen molar-refractivity contribution < 1.29 is 13.2 Å². The molecule has 1 N–H and O–H groups in total. The van der Waals surface area contributed by atoms with E-state index < -0.39 is 10.0 Å². The summed E-state index contributed by atoms with van der Waals surface area (Å²) in [7, 11) is -1.95. The highest BCUT2D eigenvalue weighted by molar-refractivity contribution is 9.10. The van der Waals surface area contributed by atoms with E-state index in [1.54, 1.807) is 24.3 Å². The van der Waals surface area contributed by atoms with Crippen LogP contribution in [0.5, 0.6) is 0 Å². The molecule has 0 spiro atoms. The van der Waals surface area contributed by atoms with Crippen LogP contribution in [0.1, 0.15) is 5.56 Å². The van der Waals surface area contributed by atoms with Crippen molar-refractivity contribution in [1.29, 1.82) is 0 Å². The van der Waals surface area contributed by atoms with Gasteiger partial charge in [-0.2, -0.15) is 0 Å². The number of nitrogens with one attached hydrogen (secondary N) is 1. The molecule has 0 fully saturated rings. The summed E-state index contributed by atoms with van der Waals surface area (Å²) in [6.07, 6.45) is 1.31. The van der Waals surface area contributed by atoms with E-state index >= 15 is 0 Å². The van der Waals surface area contributed by atoms with Gasteiger partial charge >= 0.3 is 0 Å². The van der Waals surface area contributed by atoms with E-state index in [1.165, 1.54) is 7.05 Å². The fourth-order valence-electron chi connectivity index (χ4n) is 2.04. The summed E-state index contributed by atoms with van der Waals surface area (Å²) in [5, 5.41) is 2.77. The van der Waals surface area contributed by atoms with Crippen LogP contribution in [0.2, 0.25) is 0 Å². The fraction of sp³-hybridized carbons (Fsp3) is 0.188. The predicted molar refractivity (Wildman–Crippen MR) is 96.2 cm³/mol. The molecule has 5 nitrogen and oxygen atoms in total. The zero-order valence-electron chi connectivity index (χ0n) is 12.8. The van der Waals surface area contributed by atoms with Gasteiger partial charge in [0.25, 0.3) is 0 Å². The second-order valence-electron chi connectivity index (χ2n) is 5.06. The highest BCUT2D eigenvalue weighted by Gasteiger charge is 2.17. The minimum atomic E-state index is -3.41. The first-order valence-corrected chi connectivity index (χ1v) is 9.49. The van der Waals surface area contributed by atoms with Crippen molar-refractivity contribution in [2.24, 2.45) is 0 Å². The van der Waals surface area contributed by atoms with Crippen molar-refractivity contribution in [2.75, 3.05) is 22.9 Å². The zero-order valence-corrected chi connectivity index (χ0v) is 15.2. The van der Waals surface area contributed by atoms with Crippen LogP contribution in [-0.4, -0.2) is 27.6 Å². The molecule has 0 radical (unpaired) electrons. The Labute approximate surface area is 144 Å². The van der Waals surface area contributed by atoms with E-state index in [2.05, 4.69) is 21.2 Å². The van der Waals surface area contributed by atoms with Crippen LogP contribution < -0.4 is 9.62 Å². The highest BCUT2D eigenvalue weighted by Crippen LogP contribution is 2.26. The van der Waals surface area contributed by atoms with Gasteiger partial charge in [0.05, 0.1) is 24.1 Å². The molecular formula is C16H17BrN2O3S. The standard InChI is InChI=1S/C16H17BrN2O3S/c1-19(23(2,21)22)15-10-6-5-9-14(15)18-16(20)11-12-7-3-4-8-13(12)17/h3-10H,11H2,1-2H3,(H,18,20). The van der Waals surface area contributed by atoms with E-state index in [1.807, 2.05) is 24.3 Å². The Hall–Kier alpha value is -1.86. The fourth-order valence-corrected chi connectivity index (χ4v) is 2.98. The molecule has 0 bridgehead atoms. The molecule has 0 aliphatic rings. The Kier molecular flexibility index (Phi) is 5.43. The molecule has 0 unspecified atom stereocenters. The Morgan fingerprint density at radius 2 is 1.74 bits per heavy atom. The molecule has 0 saturated carbocycles. The summed E-state index contributed by atoms with van der Waals surface area (Å²) < 4.78 is 25.4. The topological polar surface area (TPSA) is 66.5 Å². The second-order valence-corrected chi connectivity index (χ2v) is 7.93. The van der Waals surface area contributed by atoms with Crippen LogP contribution >= 0.6 is 15.9 Å². The van der Waals surface area contributed by atoms with Gasteiger partial charge in [0.2, 0.25) is 15.9 Å². The first-order valence-electron chi connectivity index (χ1n) is 6.85. The third-order valence-electron chi connectivity index (χ3n) is 3.32. The average Bonchev–Trinajstić information content (AvgIpc) is 2.48. The summed E-state index contributed by atoms with van der Waals surface area (Å²) in [4.78, 5) is 12.3. The molecule has 7 heteroatoms. The lowest BCUT2D eigenvalue weighted by Crippen LogP contribution is -2.26. The monoisotopic (exact) mass is 396 g/mol. The Balaban J connectivity index is 2.21. The quantitative estimate of drug-likeness (QED) is 0.844. The Morgan fingerprint density at radius 1 is 1.13 bits per heavy atom. The average molecular weight is 397 g/mol. The van der Waals surface area contributed by atoms with Gasteiger partial charge in [-0.15, -0.1) is 0 Å². The first kappa shape index (κ1) is 17.5. The van der Waals surface area contributed by atoms with Gasteiger partial charge in [-0.05, 0) is 23.8 Å². The number of carbonyl (C=O) groups is 1. The zero-order chi connectivity index (χ0) is 17.0. The minimum absolute atomic E-state index is 0.193. The molecule has 2 aromatic rings. The van der Waals surface area contributed by atoms with Crippen molar-refractivity contribution in [3.63, 3.8) is 0 Å². The van der Waals surface area contributed by atoms with Crippen LogP contribution in [-0.2, 0) is 21.2 Å². The summed E-state index contributed by atoms with van der Waals surface area (Å²) in [6, 6.07) is 14.3. The van der Waals surface area contributed by atoms with E-state index in [9.17, 15) is 13.2 Å². The smallest absolute Gasteiger partial charge is 0.232 e. The number of anilines is 2. The lowest BCUT2D eigenvalue weighted by atomic mass is 10.1. The van der Waals surface area contributed by atoms with Gasteiger partial charge in [-0.1, -0.05) is 46.3 Å². The summed E-state index contributed by atoms with van der Waals surface area (Å²) in [6.45, 7) is 0. The third-order valence-corrected chi connectivity index (χ3v) is 5.29. The minimum Gasteiger partial charge on any atom is -0.324 e. The van der Waals surface area contributed by atoms with Gasteiger partial charge in [0, 0.05) is 11.5 Å². The van der Waals surface area contributed by atoms with Crippen molar-refractivity contribution in [2.45, 2.75) is 6.42 Å². The van der Waals surface area contributed by atoms with Crippen LogP contribution in [0.25, 0.3) is 0 Å². The molecule has 0 aromatic heterocycles. The molecule has 0 aliphatic carbocycles. The van der Waals surface area contributed by atoms with E-state index in [4.69, 9.17) is 0 Å². The highest BCUT2D eigenvalue weighted by atomic mass is 79.9. The number of sulfonamides is 1. The molecule has 0 heterocycles. The number of nitrogens with zero attached hydrogens (tertiary/aromatic N) is 1. The molecule has 1 amide bonds. The van der Waals surface area contributed by atoms with Crippen molar-refractivity contribution in [3.8, 4) is 0 Å². The second kappa shape index (κ2) is 7.14. The molecular weight excluding hydrogens is 380 g/mol. The van der Waals surface area contributed by atoms with Crippen molar-refractivity contribution in [1.82, 2.24) is 0 Å². The van der Waals surface area contributed by atoms with E-state index in [-0.39, 0.29) is 12.3 Å². The van der Waals surface area contributed by atoms with E-state index in [0.29, 0.717) is 11.4 Å². The largest absolute Gasteiger partial charge is 0.324 e. The number of carbonyl (C=O) groups excluding carboxylic acids is 1. The molecule has 0 aliphatic heterocycles. The van der Waals surface area contributed by atoms with Crippen LogP contribution in [0.4, 0.5) is 11.4 Å². The van der Waals surface area contributed by atoms with Gasteiger partial charge in [-0.25, -0.2) is 8.42 Å². The number of hydrogen-bond donors (Lipinski definition) is 1. The maximum atomic E-state index is 12.3. The maximum Gasteiger partial charge on any atom is 0.232 e. The number of amides is 1.